The molecule has 0 radical (unpaired) electrons. The Bertz CT molecular complexity index is 476. The second kappa shape index (κ2) is 6.76. The van der Waals surface area contributed by atoms with E-state index in [0.29, 0.717) is 26.3 Å². The van der Waals surface area contributed by atoms with Gasteiger partial charge in [-0.2, -0.15) is 0 Å². The minimum atomic E-state index is -0.649. The highest BCUT2D eigenvalue weighted by Crippen LogP contribution is 2.17. The second-order valence-electron chi connectivity index (χ2n) is 4.84. The summed E-state index contributed by atoms with van der Waals surface area (Å²) < 4.78 is 31.6. The van der Waals surface area contributed by atoms with Crippen molar-refractivity contribution in [3.05, 3.63) is 35.4 Å². The summed E-state index contributed by atoms with van der Waals surface area (Å²) in [4.78, 5) is 13.9. The number of halogens is 2. The molecule has 1 heterocycles. The molecule has 0 bridgehead atoms. The first-order valence-corrected chi connectivity index (χ1v) is 6.60. The zero-order chi connectivity index (χ0) is 14.5. The molecular formula is C14H18F2N2O2. The van der Waals surface area contributed by atoms with Gasteiger partial charge in [0.05, 0.1) is 25.8 Å². The van der Waals surface area contributed by atoms with Crippen molar-refractivity contribution in [2.45, 2.75) is 13.0 Å². The Kier molecular flexibility index (Phi) is 5.03. The molecule has 0 spiro atoms. The molecule has 1 aliphatic heterocycles. The van der Waals surface area contributed by atoms with Gasteiger partial charge in [0, 0.05) is 24.7 Å². The van der Waals surface area contributed by atoms with Crippen molar-refractivity contribution in [1.82, 2.24) is 10.2 Å². The maximum Gasteiger partial charge on any atom is 0.234 e. The van der Waals surface area contributed by atoms with E-state index in [-0.39, 0.29) is 18.0 Å². The van der Waals surface area contributed by atoms with Crippen LogP contribution in [0.25, 0.3) is 0 Å². The van der Waals surface area contributed by atoms with Crippen LogP contribution < -0.4 is 5.32 Å². The molecule has 1 N–H and O–H groups in total. The monoisotopic (exact) mass is 284 g/mol. The highest BCUT2D eigenvalue weighted by molar-refractivity contribution is 5.78. The fourth-order valence-corrected chi connectivity index (χ4v) is 2.18. The number of carbonyl (C=O) groups excluding carboxylic acids is 1. The van der Waals surface area contributed by atoms with Gasteiger partial charge in [0.15, 0.2) is 0 Å². The number of hydrogen-bond acceptors (Lipinski definition) is 3. The molecule has 4 nitrogen and oxygen atoms in total. The van der Waals surface area contributed by atoms with Gasteiger partial charge >= 0.3 is 0 Å². The normalized spacial score (nSPS) is 17.8. The molecule has 0 aliphatic carbocycles. The molecular weight excluding hydrogens is 266 g/mol. The average molecular weight is 284 g/mol. The standard InChI is InChI=1S/C14H18F2N2O2/c1-10(12-3-2-11(15)8-13(12)16)17-14(19)9-18-4-6-20-7-5-18/h2-3,8,10H,4-7,9H2,1H3,(H,17,19)/t10-/m1/s1. The Morgan fingerprint density at radius 1 is 1.40 bits per heavy atom. The molecule has 1 saturated heterocycles. The third-order valence-electron chi connectivity index (χ3n) is 3.28. The lowest BCUT2D eigenvalue weighted by molar-refractivity contribution is -0.123. The molecule has 1 aromatic carbocycles. The van der Waals surface area contributed by atoms with Crippen LogP contribution in [0.15, 0.2) is 18.2 Å². The van der Waals surface area contributed by atoms with Crippen molar-refractivity contribution >= 4 is 5.91 Å². The summed E-state index contributed by atoms with van der Waals surface area (Å²) in [5, 5.41) is 2.72. The van der Waals surface area contributed by atoms with E-state index in [1.807, 2.05) is 4.90 Å². The van der Waals surface area contributed by atoms with Crippen LogP contribution in [-0.2, 0) is 9.53 Å². The van der Waals surface area contributed by atoms with Crippen LogP contribution in [0.4, 0.5) is 8.78 Å². The first-order chi connectivity index (χ1) is 9.56. The van der Waals surface area contributed by atoms with Gasteiger partial charge in [0.25, 0.3) is 0 Å². The molecule has 0 saturated carbocycles. The van der Waals surface area contributed by atoms with Crippen LogP contribution in [0.2, 0.25) is 0 Å². The van der Waals surface area contributed by atoms with Crippen molar-refractivity contribution in [1.29, 1.82) is 0 Å². The number of nitrogens with one attached hydrogen (secondary N) is 1. The predicted octanol–water partition coefficient (Wildman–Crippen LogP) is 1.47. The van der Waals surface area contributed by atoms with E-state index in [1.54, 1.807) is 6.92 Å². The minimum absolute atomic E-state index is 0.178. The molecule has 6 heteroatoms. The zero-order valence-electron chi connectivity index (χ0n) is 11.4. The fraction of sp³-hybridized carbons (Fsp3) is 0.500. The number of amides is 1. The Hall–Kier alpha value is -1.53. The van der Waals surface area contributed by atoms with E-state index < -0.39 is 17.7 Å². The van der Waals surface area contributed by atoms with Crippen LogP contribution in [0.3, 0.4) is 0 Å². The SMILES string of the molecule is C[C@@H](NC(=O)CN1CCOCC1)c1ccc(F)cc1F. The number of hydrogen-bond donors (Lipinski definition) is 1. The van der Waals surface area contributed by atoms with Crippen molar-refractivity contribution in [3.63, 3.8) is 0 Å². The molecule has 110 valence electrons. The predicted molar refractivity (Wildman–Crippen MR) is 70.2 cm³/mol. The number of benzene rings is 1. The van der Waals surface area contributed by atoms with Gasteiger partial charge in [0.2, 0.25) is 5.91 Å². The number of nitrogens with zero attached hydrogens (tertiary/aromatic N) is 1. The molecule has 1 amide bonds. The lowest BCUT2D eigenvalue weighted by Gasteiger charge is -2.26. The summed E-state index contributed by atoms with van der Waals surface area (Å²) >= 11 is 0. The van der Waals surface area contributed by atoms with Crippen LogP contribution in [-0.4, -0.2) is 43.7 Å². The summed E-state index contributed by atoms with van der Waals surface area (Å²) in [6.07, 6.45) is 0. The Morgan fingerprint density at radius 2 is 2.10 bits per heavy atom. The fourth-order valence-electron chi connectivity index (χ4n) is 2.18. The van der Waals surface area contributed by atoms with Crippen molar-refractivity contribution in [3.8, 4) is 0 Å². The molecule has 1 atom stereocenters. The molecule has 1 aliphatic rings. The van der Waals surface area contributed by atoms with E-state index >= 15 is 0 Å². The van der Waals surface area contributed by atoms with Crippen LogP contribution >= 0.6 is 0 Å². The van der Waals surface area contributed by atoms with E-state index in [4.69, 9.17) is 4.74 Å². The quantitative estimate of drug-likeness (QED) is 0.910. The van der Waals surface area contributed by atoms with E-state index in [1.165, 1.54) is 12.1 Å². The maximum absolute atomic E-state index is 13.6. The van der Waals surface area contributed by atoms with Gasteiger partial charge in [-0.05, 0) is 13.0 Å². The topological polar surface area (TPSA) is 41.6 Å². The Balaban J connectivity index is 1.89. The van der Waals surface area contributed by atoms with E-state index in [2.05, 4.69) is 5.32 Å². The molecule has 0 aromatic heterocycles. The van der Waals surface area contributed by atoms with Gasteiger partial charge in [0.1, 0.15) is 11.6 Å². The first-order valence-electron chi connectivity index (χ1n) is 6.60. The van der Waals surface area contributed by atoms with E-state index in [0.717, 1.165) is 6.07 Å². The van der Waals surface area contributed by atoms with Crippen molar-refractivity contribution in [2.24, 2.45) is 0 Å². The largest absolute Gasteiger partial charge is 0.379 e. The van der Waals surface area contributed by atoms with Gasteiger partial charge in [-0.25, -0.2) is 8.78 Å². The molecule has 0 unspecified atom stereocenters. The van der Waals surface area contributed by atoms with Gasteiger partial charge < -0.3 is 10.1 Å². The van der Waals surface area contributed by atoms with Crippen LogP contribution in [0, 0.1) is 11.6 Å². The first kappa shape index (κ1) is 14.9. The summed E-state index contributed by atoms with van der Waals surface area (Å²) in [7, 11) is 0. The Labute approximate surface area is 116 Å². The van der Waals surface area contributed by atoms with Gasteiger partial charge in [-0.3, -0.25) is 9.69 Å². The summed E-state index contributed by atoms with van der Waals surface area (Å²) in [6.45, 7) is 4.61. The molecule has 2 rings (SSSR count). The lowest BCUT2D eigenvalue weighted by Crippen LogP contribution is -2.43. The zero-order valence-corrected chi connectivity index (χ0v) is 11.4. The van der Waals surface area contributed by atoms with Crippen LogP contribution in [0.1, 0.15) is 18.5 Å². The minimum Gasteiger partial charge on any atom is -0.379 e. The van der Waals surface area contributed by atoms with Crippen molar-refractivity contribution < 1.29 is 18.3 Å². The van der Waals surface area contributed by atoms with Gasteiger partial charge in [-0.15, -0.1) is 0 Å². The van der Waals surface area contributed by atoms with Crippen LogP contribution in [0.5, 0.6) is 0 Å². The highest BCUT2D eigenvalue weighted by atomic mass is 19.1. The number of rotatable bonds is 4. The Morgan fingerprint density at radius 3 is 2.75 bits per heavy atom. The molecule has 1 fully saturated rings. The number of carbonyl (C=O) groups is 1. The summed E-state index contributed by atoms with van der Waals surface area (Å²) in [5.41, 5.74) is 0.279. The third-order valence-corrected chi connectivity index (χ3v) is 3.28. The average Bonchev–Trinajstić information content (AvgIpc) is 2.39. The second-order valence-corrected chi connectivity index (χ2v) is 4.84. The van der Waals surface area contributed by atoms with E-state index in [9.17, 15) is 13.6 Å². The molecule has 1 aromatic rings. The number of ether oxygens (including phenoxy) is 1. The summed E-state index contributed by atoms with van der Waals surface area (Å²) in [5.74, 6) is -1.45. The highest BCUT2D eigenvalue weighted by Gasteiger charge is 2.17. The lowest BCUT2D eigenvalue weighted by atomic mass is 10.1. The smallest absolute Gasteiger partial charge is 0.234 e. The number of morpholine rings is 1. The van der Waals surface area contributed by atoms with Gasteiger partial charge in [-0.1, -0.05) is 6.07 Å². The maximum atomic E-state index is 13.6. The van der Waals surface area contributed by atoms with Crippen molar-refractivity contribution in [2.75, 3.05) is 32.8 Å². The summed E-state index contributed by atoms with van der Waals surface area (Å²) in [6, 6.07) is 2.86. The third kappa shape index (κ3) is 3.98. The molecule has 20 heavy (non-hydrogen) atoms.